The summed E-state index contributed by atoms with van der Waals surface area (Å²) in [6.07, 6.45) is 0.998. The number of esters is 1. The van der Waals surface area contributed by atoms with Crippen LogP contribution in [0.5, 0.6) is 5.75 Å². The van der Waals surface area contributed by atoms with Crippen LogP contribution in [0, 0.1) is 17.0 Å². The molecule has 0 aromatic heterocycles. The summed E-state index contributed by atoms with van der Waals surface area (Å²) >= 11 is 0. The number of carbonyl (C=O) groups is 1. The summed E-state index contributed by atoms with van der Waals surface area (Å²) in [6.45, 7) is 10.8. The van der Waals surface area contributed by atoms with Crippen molar-refractivity contribution in [2.75, 3.05) is 0 Å². The first-order valence-electron chi connectivity index (χ1n) is 7.78. The second kappa shape index (κ2) is 6.85. The molecule has 0 aliphatic rings. The smallest absolute Gasteiger partial charge is 0.312 e. The maximum Gasteiger partial charge on any atom is 0.312 e. The van der Waals surface area contributed by atoms with Crippen LogP contribution in [-0.4, -0.2) is 16.7 Å². The van der Waals surface area contributed by atoms with Crippen molar-refractivity contribution >= 4 is 5.97 Å². The molecule has 1 N–H and O–H groups in total. The second-order valence-electron chi connectivity index (χ2n) is 7.53. The summed E-state index contributed by atoms with van der Waals surface area (Å²) in [5.74, 6) is -3.53. The summed E-state index contributed by atoms with van der Waals surface area (Å²) in [4.78, 5) is 12.3. The summed E-state index contributed by atoms with van der Waals surface area (Å²) in [6, 6.07) is 2.25. The number of rotatable bonds is 5. The molecule has 130 valence electrons. The van der Waals surface area contributed by atoms with Crippen molar-refractivity contribution in [1.82, 2.24) is 0 Å². The lowest BCUT2D eigenvalue weighted by Gasteiger charge is -2.31. The van der Waals surface area contributed by atoms with E-state index in [1.807, 2.05) is 6.92 Å². The van der Waals surface area contributed by atoms with Crippen LogP contribution in [0.25, 0.3) is 0 Å². The highest BCUT2D eigenvalue weighted by Crippen LogP contribution is 2.37. The molecule has 5 heteroatoms. The van der Waals surface area contributed by atoms with E-state index in [2.05, 4.69) is 0 Å². The number of phenolic OH excluding ortho intramolecular Hbond substituents is 1. The van der Waals surface area contributed by atoms with Gasteiger partial charge >= 0.3 is 5.97 Å². The largest absolute Gasteiger partial charge is 0.503 e. The predicted molar refractivity (Wildman–Crippen MR) is 85.3 cm³/mol. The number of hydrogen-bond acceptors (Lipinski definition) is 3. The van der Waals surface area contributed by atoms with Gasteiger partial charge in [-0.05, 0) is 71.1 Å². The Morgan fingerprint density at radius 1 is 1.17 bits per heavy atom. The monoisotopic (exact) mass is 328 g/mol. The number of phenols is 1. The fourth-order valence-electron chi connectivity index (χ4n) is 2.43. The quantitative estimate of drug-likeness (QED) is 0.780. The molecule has 1 rings (SSSR count). The molecule has 1 atom stereocenters. The minimum Gasteiger partial charge on any atom is -0.503 e. The van der Waals surface area contributed by atoms with E-state index in [9.17, 15) is 18.7 Å². The molecule has 0 radical (unpaired) electrons. The van der Waals surface area contributed by atoms with Crippen LogP contribution in [0.2, 0.25) is 0 Å². The van der Waals surface area contributed by atoms with E-state index in [0.29, 0.717) is 18.4 Å². The van der Waals surface area contributed by atoms with E-state index >= 15 is 0 Å². The molecule has 1 unspecified atom stereocenters. The van der Waals surface area contributed by atoms with Crippen LogP contribution >= 0.6 is 0 Å². The highest BCUT2D eigenvalue weighted by Gasteiger charge is 2.35. The van der Waals surface area contributed by atoms with Gasteiger partial charge in [0.05, 0.1) is 5.41 Å². The minimum absolute atomic E-state index is 0.220. The van der Waals surface area contributed by atoms with Crippen molar-refractivity contribution in [1.29, 1.82) is 0 Å². The van der Waals surface area contributed by atoms with Gasteiger partial charge in [0.25, 0.3) is 0 Å². The summed E-state index contributed by atoms with van der Waals surface area (Å²) in [5, 5.41) is 9.21. The molecular formula is C18H26F2O3. The Balaban J connectivity index is 3.01. The normalized spacial score (nSPS) is 13.7. The minimum atomic E-state index is -0.992. The van der Waals surface area contributed by atoms with Gasteiger partial charge in [0.2, 0.25) is 0 Å². The van der Waals surface area contributed by atoms with Gasteiger partial charge in [-0.2, -0.15) is 0 Å². The number of carbonyl (C=O) groups excluding carboxylic acids is 1. The van der Waals surface area contributed by atoms with Gasteiger partial charge in [0.1, 0.15) is 5.60 Å². The van der Waals surface area contributed by atoms with Crippen molar-refractivity contribution in [2.24, 2.45) is 5.41 Å². The molecule has 23 heavy (non-hydrogen) atoms. The Morgan fingerprint density at radius 3 is 2.04 bits per heavy atom. The molecule has 0 fully saturated rings. The zero-order valence-electron chi connectivity index (χ0n) is 14.7. The number of benzene rings is 1. The average Bonchev–Trinajstić information content (AvgIpc) is 2.39. The van der Waals surface area contributed by atoms with Crippen molar-refractivity contribution in [3.05, 3.63) is 29.3 Å². The number of ether oxygens (including phenoxy) is 1. The summed E-state index contributed by atoms with van der Waals surface area (Å²) in [5.41, 5.74) is -0.956. The van der Waals surface area contributed by atoms with Crippen molar-refractivity contribution < 1.29 is 23.4 Å². The molecule has 0 saturated heterocycles. The summed E-state index contributed by atoms with van der Waals surface area (Å²) in [7, 11) is 0. The third kappa shape index (κ3) is 5.19. The fraction of sp³-hybridized carbons (Fsp3) is 0.611. The van der Waals surface area contributed by atoms with Gasteiger partial charge in [-0.15, -0.1) is 0 Å². The van der Waals surface area contributed by atoms with Crippen molar-refractivity contribution in [3.8, 4) is 5.75 Å². The van der Waals surface area contributed by atoms with E-state index < -0.39 is 28.4 Å². The topological polar surface area (TPSA) is 46.5 Å². The number of hydrogen-bond donors (Lipinski definition) is 1. The van der Waals surface area contributed by atoms with E-state index in [1.54, 1.807) is 34.6 Å². The highest BCUT2D eigenvalue weighted by atomic mass is 19.1. The van der Waals surface area contributed by atoms with Gasteiger partial charge in [-0.3, -0.25) is 4.79 Å². The Hall–Kier alpha value is -1.65. The average molecular weight is 328 g/mol. The SMILES string of the molecule is CCC(CC(C)(C)C(=O)OC(C)(C)C)c1cc(F)c(O)c(F)c1. The third-order valence-corrected chi connectivity index (χ3v) is 3.71. The standard InChI is InChI=1S/C18H26F2O3/c1-7-11(12-8-13(19)15(21)14(20)9-12)10-18(5,6)16(22)23-17(2,3)4/h8-9,11,21H,7,10H2,1-6H3. The molecule has 1 aromatic rings. The first kappa shape index (κ1) is 19.4. The Labute approximate surface area is 136 Å². The molecule has 0 amide bonds. The van der Waals surface area contributed by atoms with Gasteiger partial charge in [-0.25, -0.2) is 8.78 Å². The molecule has 1 aromatic carbocycles. The molecule has 0 aliphatic carbocycles. The molecular weight excluding hydrogens is 302 g/mol. The maximum absolute atomic E-state index is 13.6. The third-order valence-electron chi connectivity index (χ3n) is 3.71. The number of aromatic hydroxyl groups is 1. The lowest BCUT2D eigenvalue weighted by molar-refractivity contribution is -0.166. The van der Waals surface area contributed by atoms with Crippen LogP contribution in [0.4, 0.5) is 8.78 Å². The molecule has 0 aliphatic heterocycles. The van der Waals surface area contributed by atoms with Gasteiger partial charge in [0, 0.05) is 0 Å². The van der Waals surface area contributed by atoms with Crippen LogP contribution in [0.3, 0.4) is 0 Å². The first-order valence-corrected chi connectivity index (χ1v) is 7.78. The van der Waals surface area contributed by atoms with E-state index in [4.69, 9.17) is 4.74 Å². The highest BCUT2D eigenvalue weighted by molar-refractivity contribution is 5.76. The molecule has 0 bridgehead atoms. The molecule has 0 heterocycles. The zero-order valence-corrected chi connectivity index (χ0v) is 14.7. The fourth-order valence-corrected chi connectivity index (χ4v) is 2.43. The van der Waals surface area contributed by atoms with Gasteiger partial charge in [-0.1, -0.05) is 6.92 Å². The zero-order chi connectivity index (χ0) is 18.0. The summed E-state index contributed by atoms with van der Waals surface area (Å²) < 4.78 is 32.6. The molecule has 0 saturated carbocycles. The van der Waals surface area contributed by atoms with Crippen molar-refractivity contribution in [2.45, 2.75) is 65.9 Å². The van der Waals surface area contributed by atoms with Gasteiger partial charge in [0.15, 0.2) is 17.4 Å². The van der Waals surface area contributed by atoms with Crippen molar-refractivity contribution in [3.63, 3.8) is 0 Å². The second-order valence-corrected chi connectivity index (χ2v) is 7.53. The molecule has 3 nitrogen and oxygen atoms in total. The van der Waals surface area contributed by atoms with Gasteiger partial charge < -0.3 is 9.84 Å². The lowest BCUT2D eigenvalue weighted by atomic mass is 9.78. The molecule has 0 spiro atoms. The Morgan fingerprint density at radius 2 is 1.65 bits per heavy atom. The predicted octanol–water partition coefficient (Wildman–Crippen LogP) is 4.92. The lowest BCUT2D eigenvalue weighted by Crippen LogP contribution is -2.34. The first-order chi connectivity index (χ1) is 10.4. The Bertz CT molecular complexity index is 551. The number of halogens is 2. The van der Waals surface area contributed by atoms with Crippen LogP contribution < -0.4 is 0 Å². The van der Waals surface area contributed by atoms with E-state index in [-0.39, 0.29) is 11.9 Å². The van der Waals surface area contributed by atoms with Crippen LogP contribution in [0.15, 0.2) is 12.1 Å². The van der Waals surface area contributed by atoms with E-state index in [1.165, 1.54) is 0 Å². The van der Waals surface area contributed by atoms with E-state index in [0.717, 1.165) is 12.1 Å². The van der Waals surface area contributed by atoms with Crippen LogP contribution in [0.1, 0.15) is 65.9 Å². The Kier molecular flexibility index (Phi) is 5.78. The maximum atomic E-state index is 13.6. The van der Waals surface area contributed by atoms with Crippen LogP contribution in [-0.2, 0) is 9.53 Å².